The molecule has 0 N–H and O–H groups in total. The molecule has 22 heavy (non-hydrogen) atoms. The lowest BCUT2D eigenvalue weighted by Gasteiger charge is -2.42. The molecule has 0 saturated carbocycles. The number of amides is 1. The minimum Gasteiger partial charge on any atom is -0.377 e. The maximum absolute atomic E-state index is 11.8. The van der Waals surface area contributed by atoms with Gasteiger partial charge in [0.1, 0.15) is 12.2 Å². The van der Waals surface area contributed by atoms with Crippen LogP contribution < -0.4 is 0 Å². The van der Waals surface area contributed by atoms with Gasteiger partial charge >= 0.3 is 0 Å². The lowest BCUT2D eigenvalue weighted by molar-refractivity contribution is -0.172. The number of likely N-dealkylation sites (N-methyl/N-ethyl adjacent to an activating group) is 1. The van der Waals surface area contributed by atoms with Crippen LogP contribution in [0.1, 0.15) is 12.5 Å². The van der Waals surface area contributed by atoms with E-state index in [1.165, 1.54) is 5.56 Å². The Morgan fingerprint density at radius 3 is 3.00 bits per heavy atom. The van der Waals surface area contributed by atoms with Crippen molar-refractivity contribution in [2.75, 3.05) is 46.0 Å². The molecule has 2 aliphatic rings. The van der Waals surface area contributed by atoms with Gasteiger partial charge in [-0.25, -0.2) is 0 Å². The monoisotopic (exact) mass is 308 g/mol. The topological polar surface area (TPSA) is 59.8 Å². The second kappa shape index (κ2) is 6.36. The molecule has 1 amide bonds. The number of aryl methyl sites for hydroxylation is 1. The third-order valence-corrected chi connectivity index (χ3v) is 4.31. The summed E-state index contributed by atoms with van der Waals surface area (Å²) in [6.45, 7) is 7.15. The highest BCUT2D eigenvalue weighted by Gasteiger charge is 2.42. The van der Waals surface area contributed by atoms with Gasteiger partial charge in [0.15, 0.2) is 0 Å². The number of carbonyl (C=O) groups is 1. The Kier molecular flexibility index (Phi) is 4.46. The van der Waals surface area contributed by atoms with Crippen molar-refractivity contribution in [1.29, 1.82) is 0 Å². The van der Waals surface area contributed by atoms with Crippen molar-refractivity contribution in [3.8, 4) is 0 Å². The molecule has 3 rings (SSSR count). The fraction of sp³-hybridized carbons (Fsp3) is 0.733. The Balaban J connectivity index is 1.70. The van der Waals surface area contributed by atoms with Gasteiger partial charge in [-0.1, -0.05) is 0 Å². The Hall–Kier alpha value is -1.44. The number of rotatable bonds is 3. The van der Waals surface area contributed by atoms with Crippen LogP contribution >= 0.6 is 0 Å². The molecule has 1 aromatic heterocycles. The van der Waals surface area contributed by atoms with Crippen LogP contribution in [-0.4, -0.2) is 77.1 Å². The van der Waals surface area contributed by atoms with E-state index in [1.54, 1.807) is 0 Å². The minimum absolute atomic E-state index is 0.0659. The molecule has 1 atom stereocenters. The van der Waals surface area contributed by atoms with Crippen LogP contribution in [0.3, 0.4) is 0 Å². The van der Waals surface area contributed by atoms with Crippen molar-refractivity contribution >= 4 is 5.91 Å². The van der Waals surface area contributed by atoms with Gasteiger partial charge in [0.05, 0.1) is 26.0 Å². The first-order valence-electron chi connectivity index (χ1n) is 7.79. The quantitative estimate of drug-likeness (QED) is 0.778. The summed E-state index contributed by atoms with van der Waals surface area (Å²) in [5, 5.41) is 4.22. The molecule has 7 nitrogen and oxygen atoms in total. The smallest absolute Gasteiger partial charge is 0.248 e. The van der Waals surface area contributed by atoms with E-state index in [0.717, 1.165) is 19.6 Å². The molecule has 7 heteroatoms. The van der Waals surface area contributed by atoms with E-state index in [1.807, 2.05) is 35.9 Å². The highest BCUT2D eigenvalue weighted by molar-refractivity contribution is 5.78. The molecule has 0 aromatic carbocycles. The van der Waals surface area contributed by atoms with E-state index in [-0.39, 0.29) is 12.5 Å². The van der Waals surface area contributed by atoms with Crippen molar-refractivity contribution in [1.82, 2.24) is 19.6 Å². The molecule has 0 aliphatic carbocycles. The molecule has 1 aromatic rings. The van der Waals surface area contributed by atoms with Crippen LogP contribution in [0, 0.1) is 0 Å². The summed E-state index contributed by atoms with van der Waals surface area (Å²) in [5.74, 6) is 0.0659. The van der Waals surface area contributed by atoms with E-state index < -0.39 is 5.60 Å². The minimum atomic E-state index is -0.414. The first kappa shape index (κ1) is 15.5. The molecule has 0 bridgehead atoms. The number of nitrogens with zero attached hydrogens (tertiary/aromatic N) is 4. The largest absolute Gasteiger partial charge is 0.377 e. The van der Waals surface area contributed by atoms with Crippen LogP contribution in [0.2, 0.25) is 0 Å². The molecule has 0 radical (unpaired) electrons. The molecule has 2 fully saturated rings. The Labute approximate surface area is 130 Å². The predicted octanol–water partition coefficient (Wildman–Crippen LogP) is -0.130. The third-order valence-electron chi connectivity index (χ3n) is 4.31. The van der Waals surface area contributed by atoms with Crippen molar-refractivity contribution < 1.29 is 14.3 Å². The highest BCUT2D eigenvalue weighted by Crippen LogP contribution is 2.24. The summed E-state index contributed by atoms with van der Waals surface area (Å²) < 4.78 is 13.5. The molecule has 0 unspecified atom stereocenters. The van der Waals surface area contributed by atoms with Crippen LogP contribution in [0.15, 0.2) is 12.4 Å². The summed E-state index contributed by atoms with van der Waals surface area (Å²) in [4.78, 5) is 16.0. The van der Waals surface area contributed by atoms with Gasteiger partial charge in [0.25, 0.3) is 0 Å². The van der Waals surface area contributed by atoms with E-state index in [4.69, 9.17) is 9.47 Å². The van der Waals surface area contributed by atoms with Crippen LogP contribution in [0.5, 0.6) is 0 Å². The van der Waals surface area contributed by atoms with Gasteiger partial charge in [-0.05, 0) is 6.92 Å². The summed E-state index contributed by atoms with van der Waals surface area (Å²) in [5.41, 5.74) is 0.765. The number of ether oxygens (including phenoxy) is 2. The summed E-state index contributed by atoms with van der Waals surface area (Å²) in [7, 11) is 1.92. The summed E-state index contributed by atoms with van der Waals surface area (Å²) in [6, 6.07) is 0. The average molecular weight is 308 g/mol. The van der Waals surface area contributed by atoms with Gasteiger partial charge in [0, 0.05) is 45.0 Å². The van der Waals surface area contributed by atoms with Crippen LogP contribution in [0.25, 0.3) is 0 Å². The number of morpholine rings is 1. The summed E-state index contributed by atoms with van der Waals surface area (Å²) >= 11 is 0. The highest BCUT2D eigenvalue weighted by atomic mass is 16.6. The van der Waals surface area contributed by atoms with E-state index in [9.17, 15) is 4.79 Å². The first-order chi connectivity index (χ1) is 10.6. The maximum Gasteiger partial charge on any atom is 0.248 e. The Bertz CT molecular complexity index is 533. The number of carbonyl (C=O) groups excluding carboxylic acids is 1. The zero-order chi connectivity index (χ0) is 15.6. The van der Waals surface area contributed by atoms with Gasteiger partial charge in [0.2, 0.25) is 5.91 Å². The molecule has 3 heterocycles. The van der Waals surface area contributed by atoms with Gasteiger partial charge in [-0.2, -0.15) is 5.10 Å². The molecular weight excluding hydrogens is 284 g/mol. The molecule has 2 aliphatic heterocycles. The number of hydrogen-bond acceptors (Lipinski definition) is 5. The van der Waals surface area contributed by atoms with Gasteiger partial charge in [-0.15, -0.1) is 0 Å². The number of aromatic nitrogens is 2. The average Bonchev–Trinajstić information content (AvgIpc) is 2.80. The van der Waals surface area contributed by atoms with E-state index in [0.29, 0.717) is 26.3 Å². The zero-order valence-corrected chi connectivity index (χ0v) is 13.3. The fourth-order valence-electron chi connectivity index (χ4n) is 3.19. The van der Waals surface area contributed by atoms with E-state index in [2.05, 4.69) is 10.00 Å². The van der Waals surface area contributed by atoms with Crippen LogP contribution in [-0.2, 0) is 27.9 Å². The second-order valence-corrected chi connectivity index (χ2v) is 6.17. The van der Waals surface area contributed by atoms with Crippen LogP contribution in [0.4, 0.5) is 0 Å². The van der Waals surface area contributed by atoms with Crippen molar-refractivity contribution in [3.63, 3.8) is 0 Å². The van der Waals surface area contributed by atoms with Crippen molar-refractivity contribution in [3.05, 3.63) is 18.0 Å². The van der Waals surface area contributed by atoms with Gasteiger partial charge < -0.3 is 14.4 Å². The Morgan fingerprint density at radius 1 is 1.41 bits per heavy atom. The SMILES string of the molecule is CCN1C[C@@]2(COCCN(Cc3cnn(C)c3)C2)OCC1=O. The maximum atomic E-state index is 11.8. The molecule has 2 saturated heterocycles. The standard InChI is InChI=1S/C15H24N4O3/c1-3-19-11-15(22-9-14(19)20)10-18(4-5-21-12-15)8-13-6-16-17(2)7-13/h6-7H,3-5,8-12H2,1-2H3/t15-/m0/s1. The Morgan fingerprint density at radius 2 is 2.27 bits per heavy atom. The molecular formula is C15H24N4O3. The first-order valence-corrected chi connectivity index (χ1v) is 7.79. The van der Waals surface area contributed by atoms with Crippen molar-refractivity contribution in [2.24, 2.45) is 7.05 Å². The fourth-order valence-corrected chi connectivity index (χ4v) is 3.19. The predicted molar refractivity (Wildman–Crippen MR) is 80.2 cm³/mol. The molecule has 122 valence electrons. The zero-order valence-electron chi connectivity index (χ0n) is 13.3. The van der Waals surface area contributed by atoms with E-state index >= 15 is 0 Å². The van der Waals surface area contributed by atoms with Crippen molar-refractivity contribution in [2.45, 2.75) is 19.1 Å². The lowest BCUT2D eigenvalue weighted by Crippen LogP contribution is -2.60. The lowest BCUT2D eigenvalue weighted by atomic mass is 10.0. The number of hydrogen-bond donors (Lipinski definition) is 0. The normalized spacial score (nSPS) is 27.4. The van der Waals surface area contributed by atoms with Gasteiger partial charge in [-0.3, -0.25) is 14.4 Å². The summed E-state index contributed by atoms with van der Waals surface area (Å²) in [6.07, 6.45) is 3.92. The second-order valence-electron chi connectivity index (χ2n) is 6.17. The third kappa shape index (κ3) is 3.31. The molecule has 1 spiro atoms.